The van der Waals surface area contributed by atoms with Gasteiger partial charge < -0.3 is 14.6 Å². The Morgan fingerprint density at radius 3 is 2.71 bits per heavy atom. The van der Waals surface area contributed by atoms with Crippen LogP contribution in [0.2, 0.25) is 0 Å². The van der Waals surface area contributed by atoms with Crippen molar-refractivity contribution in [2.24, 2.45) is 7.05 Å². The number of nitrogens with one attached hydrogen (secondary N) is 1. The molecule has 0 aliphatic heterocycles. The molecule has 3 rings (SSSR count). The highest BCUT2D eigenvalue weighted by Gasteiger charge is 2.07. The van der Waals surface area contributed by atoms with Crippen molar-refractivity contribution in [3.05, 3.63) is 75.9 Å². The number of anilines is 1. The van der Waals surface area contributed by atoms with E-state index >= 15 is 0 Å². The summed E-state index contributed by atoms with van der Waals surface area (Å²) in [5.41, 5.74) is 1.36. The SMILES string of the molecule is Cn1ccnc1COc1ccc(NC(=O)c2cccc(I)c2)cc1. The zero-order valence-electron chi connectivity index (χ0n) is 13.1. The number of halogens is 1. The van der Waals surface area contributed by atoms with Crippen LogP contribution in [0.25, 0.3) is 0 Å². The molecule has 0 spiro atoms. The molecule has 1 aromatic heterocycles. The van der Waals surface area contributed by atoms with Crippen LogP contribution in [0.5, 0.6) is 5.75 Å². The minimum atomic E-state index is -0.129. The number of aromatic nitrogens is 2. The van der Waals surface area contributed by atoms with Crippen LogP contribution in [-0.4, -0.2) is 15.5 Å². The largest absolute Gasteiger partial charge is 0.486 e. The molecule has 24 heavy (non-hydrogen) atoms. The minimum absolute atomic E-state index is 0.129. The summed E-state index contributed by atoms with van der Waals surface area (Å²) >= 11 is 2.19. The third-order valence-electron chi connectivity index (χ3n) is 3.49. The zero-order valence-corrected chi connectivity index (χ0v) is 15.2. The highest BCUT2D eigenvalue weighted by atomic mass is 127. The van der Waals surface area contributed by atoms with Gasteiger partial charge in [-0.25, -0.2) is 4.98 Å². The van der Waals surface area contributed by atoms with Gasteiger partial charge in [-0.2, -0.15) is 0 Å². The average molecular weight is 433 g/mol. The van der Waals surface area contributed by atoms with Crippen LogP contribution in [0.4, 0.5) is 5.69 Å². The van der Waals surface area contributed by atoms with Crippen molar-refractivity contribution in [1.82, 2.24) is 9.55 Å². The molecular formula is C18H16IN3O2. The quantitative estimate of drug-likeness (QED) is 0.622. The summed E-state index contributed by atoms with van der Waals surface area (Å²) in [6.45, 7) is 0.400. The van der Waals surface area contributed by atoms with E-state index in [-0.39, 0.29) is 5.91 Å². The number of rotatable bonds is 5. The maximum atomic E-state index is 12.2. The first-order valence-electron chi connectivity index (χ1n) is 7.38. The van der Waals surface area contributed by atoms with Crippen molar-refractivity contribution in [3.63, 3.8) is 0 Å². The molecule has 0 atom stereocenters. The smallest absolute Gasteiger partial charge is 0.255 e. The van der Waals surface area contributed by atoms with Gasteiger partial charge in [0.15, 0.2) is 0 Å². The van der Waals surface area contributed by atoms with E-state index in [0.29, 0.717) is 12.2 Å². The van der Waals surface area contributed by atoms with Gasteiger partial charge in [-0.05, 0) is 65.1 Å². The summed E-state index contributed by atoms with van der Waals surface area (Å²) in [6, 6.07) is 14.7. The predicted octanol–water partition coefficient (Wildman–Crippen LogP) is 3.86. The Bertz CT molecular complexity index is 843. The molecule has 1 N–H and O–H groups in total. The Hall–Kier alpha value is -2.35. The third-order valence-corrected chi connectivity index (χ3v) is 4.16. The first kappa shape index (κ1) is 16.5. The fraction of sp³-hybridized carbons (Fsp3) is 0.111. The summed E-state index contributed by atoms with van der Waals surface area (Å²) in [7, 11) is 1.93. The first-order chi connectivity index (χ1) is 11.6. The summed E-state index contributed by atoms with van der Waals surface area (Å²) in [4.78, 5) is 16.4. The van der Waals surface area contributed by atoms with Crippen molar-refractivity contribution in [3.8, 4) is 5.75 Å². The highest BCUT2D eigenvalue weighted by molar-refractivity contribution is 14.1. The van der Waals surface area contributed by atoms with E-state index in [1.165, 1.54) is 0 Å². The Morgan fingerprint density at radius 1 is 1.25 bits per heavy atom. The van der Waals surface area contributed by atoms with Crippen LogP contribution >= 0.6 is 22.6 Å². The average Bonchev–Trinajstić information content (AvgIpc) is 2.99. The molecule has 122 valence electrons. The van der Waals surface area contributed by atoms with Crippen LogP contribution < -0.4 is 10.1 Å². The molecule has 6 heteroatoms. The number of aryl methyl sites for hydroxylation is 1. The van der Waals surface area contributed by atoms with E-state index < -0.39 is 0 Å². The number of imidazole rings is 1. The molecule has 5 nitrogen and oxygen atoms in total. The summed E-state index contributed by atoms with van der Waals surface area (Å²) in [6.07, 6.45) is 3.62. The number of hydrogen-bond donors (Lipinski definition) is 1. The normalized spacial score (nSPS) is 10.4. The van der Waals surface area contributed by atoms with E-state index in [9.17, 15) is 4.79 Å². The summed E-state index contributed by atoms with van der Waals surface area (Å²) in [5.74, 6) is 1.45. The van der Waals surface area contributed by atoms with Crippen LogP contribution in [-0.2, 0) is 13.7 Å². The second-order valence-electron chi connectivity index (χ2n) is 5.23. The second-order valence-corrected chi connectivity index (χ2v) is 6.48. The van der Waals surface area contributed by atoms with Gasteiger partial charge in [0.1, 0.15) is 18.2 Å². The Morgan fingerprint density at radius 2 is 2.04 bits per heavy atom. The van der Waals surface area contributed by atoms with E-state index in [0.717, 1.165) is 20.8 Å². The lowest BCUT2D eigenvalue weighted by atomic mass is 10.2. The van der Waals surface area contributed by atoms with Crippen LogP contribution in [0.1, 0.15) is 16.2 Å². The van der Waals surface area contributed by atoms with Crippen LogP contribution in [0, 0.1) is 3.57 Å². The molecule has 3 aromatic rings. The summed E-state index contributed by atoms with van der Waals surface area (Å²) < 4.78 is 8.63. The number of hydrogen-bond acceptors (Lipinski definition) is 3. The van der Waals surface area contributed by atoms with E-state index in [1.54, 1.807) is 12.3 Å². The topological polar surface area (TPSA) is 56.1 Å². The maximum absolute atomic E-state index is 12.2. The number of carbonyl (C=O) groups is 1. The molecule has 0 saturated heterocycles. The summed E-state index contributed by atoms with van der Waals surface area (Å²) in [5, 5.41) is 2.88. The van der Waals surface area contributed by atoms with Gasteiger partial charge in [-0.1, -0.05) is 6.07 Å². The monoisotopic (exact) mass is 433 g/mol. The minimum Gasteiger partial charge on any atom is -0.486 e. The van der Waals surface area contributed by atoms with Crippen LogP contribution in [0.15, 0.2) is 60.9 Å². The van der Waals surface area contributed by atoms with Gasteiger partial charge in [-0.15, -0.1) is 0 Å². The van der Waals surface area contributed by atoms with Crippen molar-refractivity contribution in [2.75, 3.05) is 5.32 Å². The van der Waals surface area contributed by atoms with Crippen molar-refractivity contribution in [1.29, 1.82) is 0 Å². The molecule has 2 aromatic carbocycles. The van der Waals surface area contributed by atoms with Gasteiger partial charge in [0, 0.05) is 34.3 Å². The molecule has 0 aliphatic rings. The molecule has 0 fully saturated rings. The highest BCUT2D eigenvalue weighted by Crippen LogP contribution is 2.18. The van der Waals surface area contributed by atoms with E-state index in [1.807, 2.05) is 60.3 Å². The molecule has 0 bridgehead atoms. The number of ether oxygens (including phenoxy) is 1. The van der Waals surface area contributed by atoms with E-state index in [4.69, 9.17) is 4.74 Å². The molecule has 1 heterocycles. The lowest BCUT2D eigenvalue weighted by Crippen LogP contribution is -2.11. The van der Waals surface area contributed by atoms with Gasteiger partial charge in [0.2, 0.25) is 0 Å². The molecule has 0 radical (unpaired) electrons. The standard InChI is InChI=1S/C18H16IN3O2/c1-22-10-9-20-17(22)12-24-16-7-5-15(6-8-16)21-18(23)13-3-2-4-14(19)11-13/h2-11H,12H2,1H3,(H,21,23). The van der Waals surface area contributed by atoms with Gasteiger partial charge >= 0.3 is 0 Å². The molecule has 0 aliphatic carbocycles. The van der Waals surface area contributed by atoms with Crippen LogP contribution in [0.3, 0.4) is 0 Å². The van der Waals surface area contributed by atoms with Gasteiger partial charge in [0.05, 0.1) is 0 Å². The second kappa shape index (κ2) is 7.48. The zero-order chi connectivity index (χ0) is 16.9. The Balaban J connectivity index is 1.60. The fourth-order valence-corrected chi connectivity index (χ4v) is 2.69. The lowest BCUT2D eigenvalue weighted by Gasteiger charge is -2.08. The molecule has 0 saturated carbocycles. The van der Waals surface area contributed by atoms with E-state index in [2.05, 4.69) is 32.9 Å². The van der Waals surface area contributed by atoms with Crippen molar-refractivity contribution < 1.29 is 9.53 Å². The maximum Gasteiger partial charge on any atom is 0.255 e. The predicted molar refractivity (Wildman–Crippen MR) is 101 cm³/mol. The number of amides is 1. The molecule has 1 amide bonds. The number of nitrogens with zero attached hydrogens (tertiary/aromatic N) is 2. The van der Waals surface area contributed by atoms with Gasteiger partial charge in [-0.3, -0.25) is 4.79 Å². The first-order valence-corrected chi connectivity index (χ1v) is 8.46. The fourth-order valence-electron chi connectivity index (χ4n) is 2.15. The lowest BCUT2D eigenvalue weighted by molar-refractivity contribution is 0.102. The molecular weight excluding hydrogens is 417 g/mol. The Labute approximate surface area is 153 Å². The number of benzene rings is 2. The Kier molecular flexibility index (Phi) is 5.14. The third kappa shape index (κ3) is 4.14. The molecule has 0 unspecified atom stereocenters. The number of carbonyl (C=O) groups excluding carboxylic acids is 1. The van der Waals surface area contributed by atoms with Crippen molar-refractivity contribution >= 4 is 34.2 Å². The van der Waals surface area contributed by atoms with Crippen molar-refractivity contribution in [2.45, 2.75) is 6.61 Å². The van der Waals surface area contributed by atoms with Gasteiger partial charge in [0.25, 0.3) is 5.91 Å².